The van der Waals surface area contributed by atoms with Crippen molar-refractivity contribution >= 4 is 5.91 Å². The molecule has 1 aromatic heterocycles. The van der Waals surface area contributed by atoms with Crippen LogP contribution in [0.4, 0.5) is 0 Å². The summed E-state index contributed by atoms with van der Waals surface area (Å²) in [5.41, 5.74) is 1.29. The van der Waals surface area contributed by atoms with Gasteiger partial charge in [0.25, 0.3) is 0 Å². The van der Waals surface area contributed by atoms with Crippen LogP contribution in [0.2, 0.25) is 0 Å². The Bertz CT molecular complexity index is 341. The number of hydrogen-bond donors (Lipinski definition) is 1. The van der Waals surface area contributed by atoms with Crippen molar-refractivity contribution in [2.45, 2.75) is 25.8 Å². The molecule has 0 aliphatic rings. The molecule has 82 valence electrons. The molecular weight excluding hydrogens is 188 g/mol. The summed E-state index contributed by atoms with van der Waals surface area (Å²) in [7, 11) is 2.03. The van der Waals surface area contributed by atoms with Crippen molar-refractivity contribution in [1.82, 2.24) is 9.88 Å². The van der Waals surface area contributed by atoms with E-state index in [0.717, 1.165) is 12.8 Å². The van der Waals surface area contributed by atoms with Crippen molar-refractivity contribution < 1.29 is 4.79 Å². The predicted octanol–water partition coefficient (Wildman–Crippen LogP) is 1.65. The largest absolute Gasteiger partial charge is 0.354 e. The van der Waals surface area contributed by atoms with Crippen LogP contribution < -0.4 is 5.32 Å². The lowest BCUT2D eigenvalue weighted by molar-refractivity contribution is -0.117. The Morgan fingerprint density at radius 3 is 3.00 bits per heavy atom. The van der Waals surface area contributed by atoms with Gasteiger partial charge in [0.15, 0.2) is 0 Å². The van der Waals surface area contributed by atoms with Gasteiger partial charge in [0, 0.05) is 25.0 Å². The fourth-order valence-electron chi connectivity index (χ4n) is 1.49. The van der Waals surface area contributed by atoms with Gasteiger partial charge in [-0.05, 0) is 38.0 Å². The van der Waals surface area contributed by atoms with Crippen molar-refractivity contribution in [3.63, 3.8) is 0 Å². The molecule has 3 nitrogen and oxygen atoms in total. The Morgan fingerprint density at radius 2 is 2.47 bits per heavy atom. The Morgan fingerprint density at radius 1 is 1.73 bits per heavy atom. The molecular formula is C12H18N2O. The lowest BCUT2D eigenvalue weighted by atomic mass is 10.1. The van der Waals surface area contributed by atoms with Crippen LogP contribution >= 0.6 is 0 Å². The molecule has 1 N–H and O–H groups in total. The average Bonchev–Trinajstić information content (AvgIpc) is 2.61. The SMILES string of the molecule is C=CC(=O)N[C@H](C)CCc1cccn1C. The zero-order valence-corrected chi connectivity index (χ0v) is 9.36. The molecule has 0 aromatic carbocycles. The van der Waals surface area contributed by atoms with E-state index in [9.17, 15) is 4.79 Å². The van der Waals surface area contributed by atoms with Gasteiger partial charge in [0.2, 0.25) is 5.91 Å². The summed E-state index contributed by atoms with van der Waals surface area (Å²) in [4.78, 5) is 11.0. The van der Waals surface area contributed by atoms with E-state index in [2.05, 4.69) is 22.5 Å². The Balaban J connectivity index is 2.34. The van der Waals surface area contributed by atoms with Crippen LogP contribution in [0.3, 0.4) is 0 Å². The van der Waals surface area contributed by atoms with Gasteiger partial charge in [-0.3, -0.25) is 4.79 Å². The van der Waals surface area contributed by atoms with Gasteiger partial charge < -0.3 is 9.88 Å². The molecule has 1 aromatic rings. The Hall–Kier alpha value is -1.51. The number of carbonyl (C=O) groups excluding carboxylic acids is 1. The third-order valence-corrected chi connectivity index (χ3v) is 2.46. The topological polar surface area (TPSA) is 34.0 Å². The van der Waals surface area contributed by atoms with Crippen LogP contribution in [0, 0.1) is 0 Å². The molecule has 0 saturated heterocycles. The summed E-state index contributed by atoms with van der Waals surface area (Å²) in [5.74, 6) is -0.102. The highest BCUT2D eigenvalue weighted by Crippen LogP contribution is 2.05. The molecule has 3 heteroatoms. The van der Waals surface area contributed by atoms with Crippen molar-refractivity contribution in [3.8, 4) is 0 Å². The maximum absolute atomic E-state index is 11.0. The monoisotopic (exact) mass is 206 g/mol. The second kappa shape index (κ2) is 5.39. The fourth-order valence-corrected chi connectivity index (χ4v) is 1.49. The molecule has 15 heavy (non-hydrogen) atoms. The smallest absolute Gasteiger partial charge is 0.243 e. The molecule has 1 amide bonds. The van der Waals surface area contributed by atoms with Crippen LogP contribution in [-0.4, -0.2) is 16.5 Å². The van der Waals surface area contributed by atoms with Crippen molar-refractivity contribution in [2.75, 3.05) is 0 Å². The summed E-state index contributed by atoms with van der Waals surface area (Å²) in [5, 5.41) is 2.85. The average molecular weight is 206 g/mol. The van der Waals surface area contributed by atoms with E-state index in [0.29, 0.717) is 0 Å². The van der Waals surface area contributed by atoms with Crippen LogP contribution in [0.1, 0.15) is 19.0 Å². The van der Waals surface area contributed by atoms with E-state index in [-0.39, 0.29) is 11.9 Å². The number of aryl methyl sites for hydroxylation is 2. The molecule has 0 bridgehead atoms. The minimum absolute atomic E-state index is 0.102. The van der Waals surface area contributed by atoms with E-state index < -0.39 is 0 Å². The third kappa shape index (κ3) is 3.62. The van der Waals surface area contributed by atoms with Gasteiger partial charge in [-0.25, -0.2) is 0 Å². The van der Waals surface area contributed by atoms with Gasteiger partial charge in [-0.15, -0.1) is 0 Å². The fraction of sp³-hybridized carbons (Fsp3) is 0.417. The molecule has 0 saturated carbocycles. The quantitative estimate of drug-likeness (QED) is 0.730. The first-order valence-corrected chi connectivity index (χ1v) is 5.16. The highest BCUT2D eigenvalue weighted by atomic mass is 16.1. The van der Waals surface area contributed by atoms with Gasteiger partial charge in [-0.1, -0.05) is 6.58 Å². The van der Waals surface area contributed by atoms with Crippen LogP contribution in [0.15, 0.2) is 31.0 Å². The summed E-state index contributed by atoms with van der Waals surface area (Å²) in [6, 6.07) is 4.31. The van der Waals surface area contributed by atoms with E-state index in [1.807, 2.05) is 26.2 Å². The van der Waals surface area contributed by atoms with Gasteiger partial charge in [0.05, 0.1) is 0 Å². The van der Waals surface area contributed by atoms with E-state index >= 15 is 0 Å². The maximum atomic E-state index is 11.0. The molecule has 1 atom stereocenters. The second-order valence-electron chi connectivity index (χ2n) is 3.76. The highest BCUT2D eigenvalue weighted by molar-refractivity contribution is 5.87. The zero-order valence-electron chi connectivity index (χ0n) is 9.36. The molecule has 0 unspecified atom stereocenters. The Kier molecular flexibility index (Phi) is 4.16. The van der Waals surface area contributed by atoms with Crippen LogP contribution in [-0.2, 0) is 18.3 Å². The third-order valence-electron chi connectivity index (χ3n) is 2.46. The van der Waals surface area contributed by atoms with Crippen molar-refractivity contribution in [3.05, 3.63) is 36.7 Å². The number of rotatable bonds is 5. The summed E-state index contributed by atoms with van der Waals surface area (Å²) in [6.07, 6.45) is 5.25. The molecule has 0 fully saturated rings. The number of nitrogens with zero attached hydrogens (tertiary/aromatic N) is 1. The second-order valence-corrected chi connectivity index (χ2v) is 3.76. The zero-order chi connectivity index (χ0) is 11.3. The lowest BCUT2D eigenvalue weighted by Crippen LogP contribution is -2.31. The number of carbonyl (C=O) groups is 1. The first-order valence-electron chi connectivity index (χ1n) is 5.16. The number of aromatic nitrogens is 1. The minimum atomic E-state index is -0.102. The lowest BCUT2D eigenvalue weighted by Gasteiger charge is -2.12. The maximum Gasteiger partial charge on any atom is 0.243 e. The number of hydrogen-bond acceptors (Lipinski definition) is 1. The number of amides is 1. The van der Waals surface area contributed by atoms with E-state index in [1.54, 1.807) is 0 Å². The molecule has 0 aliphatic heterocycles. The van der Waals surface area contributed by atoms with Crippen LogP contribution in [0.5, 0.6) is 0 Å². The first kappa shape index (κ1) is 11.6. The minimum Gasteiger partial charge on any atom is -0.354 e. The summed E-state index contributed by atoms with van der Waals surface area (Å²) >= 11 is 0. The summed E-state index contributed by atoms with van der Waals surface area (Å²) < 4.78 is 2.10. The predicted molar refractivity (Wildman–Crippen MR) is 61.5 cm³/mol. The molecule has 0 aliphatic carbocycles. The summed E-state index contributed by atoms with van der Waals surface area (Å²) in [6.45, 7) is 5.43. The normalized spacial score (nSPS) is 12.1. The Labute approximate surface area is 90.8 Å². The van der Waals surface area contributed by atoms with Crippen LogP contribution in [0.25, 0.3) is 0 Å². The van der Waals surface area contributed by atoms with Crippen molar-refractivity contribution in [2.24, 2.45) is 7.05 Å². The molecule has 0 radical (unpaired) electrons. The van der Waals surface area contributed by atoms with Gasteiger partial charge in [-0.2, -0.15) is 0 Å². The molecule has 0 spiro atoms. The van der Waals surface area contributed by atoms with Gasteiger partial charge in [0.1, 0.15) is 0 Å². The highest BCUT2D eigenvalue weighted by Gasteiger charge is 2.05. The molecule has 1 rings (SSSR count). The van der Waals surface area contributed by atoms with E-state index in [4.69, 9.17) is 0 Å². The first-order chi connectivity index (χ1) is 7.13. The molecule has 1 heterocycles. The van der Waals surface area contributed by atoms with Gasteiger partial charge >= 0.3 is 0 Å². The number of nitrogens with one attached hydrogen (secondary N) is 1. The van der Waals surface area contributed by atoms with E-state index in [1.165, 1.54) is 11.8 Å². The standard InChI is InChI=1S/C12H18N2O/c1-4-12(15)13-10(2)7-8-11-6-5-9-14(11)3/h4-6,9-10H,1,7-8H2,2-3H3,(H,13,15)/t10-/m1/s1. The van der Waals surface area contributed by atoms with Crippen molar-refractivity contribution in [1.29, 1.82) is 0 Å².